The molecule has 2 aromatic heterocycles. The van der Waals surface area contributed by atoms with Crippen molar-refractivity contribution in [2.24, 2.45) is 0 Å². The highest BCUT2D eigenvalue weighted by molar-refractivity contribution is 9.10. The molecule has 1 N–H and O–H groups in total. The normalized spacial score (nSPS) is 10.8. The van der Waals surface area contributed by atoms with Gasteiger partial charge >= 0.3 is 0 Å². The number of hydrogen-bond acceptors (Lipinski definition) is 6. The number of rotatable bonds is 5. The quantitative estimate of drug-likeness (QED) is 0.891. The fraction of sp³-hybridized carbons (Fsp3) is 0.429. The highest BCUT2D eigenvalue weighted by Gasteiger charge is 2.16. The lowest BCUT2D eigenvalue weighted by molar-refractivity contribution is 0.392. The predicted molar refractivity (Wildman–Crippen MR) is 85.6 cm³/mol. The van der Waals surface area contributed by atoms with Gasteiger partial charge in [0.15, 0.2) is 5.82 Å². The molecule has 0 atom stereocenters. The molecule has 0 aliphatic carbocycles. The summed E-state index contributed by atoms with van der Waals surface area (Å²) in [5.41, 5.74) is 1.55. The van der Waals surface area contributed by atoms with Crippen LogP contribution in [0, 0.1) is 0 Å². The van der Waals surface area contributed by atoms with Crippen LogP contribution in [0.4, 0.5) is 5.82 Å². The van der Waals surface area contributed by atoms with Crippen molar-refractivity contribution in [2.75, 3.05) is 19.0 Å². The van der Waals surface area contributed by atoms with Crippen molar-refractivity contribution in [1.82, 2.24) is 20.2 Å². The minimum absolute atomic E-state index is 0.268. The van der Waals surface area contributed by atoms with Crippen molar-refractivity contribution in [3.8, 4) is 17.4 Å². The van der Waals surface area contributed by atoms with Crippen molar-refractivity contribution in [2.45, 2.75) is 26.7 Å². The van der Waals surface area contributed by atoms with Crippen LogP contribution in [-0.2, 0) is 0 Å². The number of halogens is 1. The van der Waals surface area contributed by atoms with Crippen LogP contribution in [0.3, 0.4) is 0 Å². The van der Waals surface area contributed by atoms with Gasteiger partial charge in [0, 0.05) is 12.6 Å². The van der Waals surface area contributed by atoms with Gasteiger partial charge in [-0.25, -0.2) is 9.97 Å². The number of nitrogens with one attached hydrogen (secondary N) is 1. The van der Waals surface area contributed by atoms with Gasteiger partial charge in [0.05, 0.1) is 17.3 Å². The van der Waals surface area contributed by atoms with E-state index in [1.165, 1.54) is 0 Å². The maximum Gasteiger partial charge on any atom is 0.233 e. The molecule has 0 spiro atoms. The van der Waals surface area contributed by atoms with E-state index in [1.54, 1.807) is 19.2 Å². The molecule has 7 heteroatoms. The molecule has 2 heterocycles. The summed E-state index contributed by atoms with van der Waals surface area (Å²) in [6.45, 7) is 6.98. The first kappa shape index (κ1) is 15.6. The number of methoxy groups -OCH3 is 1. The molecule has 0 unspecified atom stereocenters. The minimum Gasteiger partial charge on any atom is -0.480 e. The van der Waals surface area contributed by atoms with Gasteiger partial charge in [-0.3, -0.25) is 0 Å². The van der Waals surface area contributed by atoms with E-state index in [1.807, 2.05) is 6.92 Å². The Balaban J connectivity index is 2.51. The van der Waals surface area contributed by atoms with Gasteiger partial charge < -0.3 is 10.1 Å². The molecule has 2 aromatic rings. The fourth-order valence-electron chi connectivity index (χ4n) is 1.79. The van der Waals surface area contributed by atoms with Crippen LogP contribution in [0.5, 0.6) is 5.88 Å². The molecule has 112 valence electrons. The molecule has 0 aliphatic rings. The van der Waals surface area contributed by atoms with Crippen molar-refractivity contribution in [3.05, 3.63) is 22.3 Å². The van der Waals surface area contributed by atoms with Gasteiger partial charge in [0.2, 0.25) is 5.88 Å². The van der Waals surface area contributed by atoms with Crippen LogP contribution in [-0.4, -0.2) is 33.8 Å². The van der Waals surface area contributed by atoms with Gasteiger partial charge in [0.25, 0.3) is 0 Å². The zero-order chi connectivity index (χ0) is 15.4. The van der Waals surface area contributed by atoms with E-state index in [4.69, 9.17) is 4.74 Å². The van der Waals surface area contributed by atoms with Crippen LogP contribution >= 0.6 is 15.9 Å². The largest absolute Gasteiger partial charge is 0.480 e. The molecule has 6 nitrogen and oxygen atoms in total. The van der Waals surface area contributed by atoms with E-state index < -0.39 is 0 Å². The Bertz CT molecular complexity index is 616. The van der Waals surface area contributed by atoms with E-state index in [0.29, 0.717) is 17.4 Å². The lowest BCUT2D eigenvalue weighted by Gasteiger charge is -2.13. The van der Waals surface area contributed by atoms with E-state index in [0.717, 1.165) is 22.5 Å². The molecule has 0 aromatic carbocycles. The van der Waals surface area contributed by atoms with Crippen molar-refractivity contribution in [1.29, 1.82) is 0 Å². The second-order valence-corrected chi connectivity index (χ2v) is 5.53. The zero-order valence-corrected chi connectivity index (χ0v) is 14.1. The maximum absolute atomic E-state index is 5.01. The molecule has 0 saturated heterocycles. The zero-order valence-electron chi connectivity index (χ0n) is 12.5. The van der Waals surface area contributed by atoms with E-state index in [-0.39, 0.29) is 5.92 Å². The number of ether oxygens (including phenoxy) is 1. The highest BCUT2D eigenvalue weighted by atomic mass is 79.9. The SMILES string of the molecule is CCNc1nc(-c2ccc(OC)nn2)nc(C(C)C)c1Br. The first-order valence-corrected chi connectivity index (χ1v) is 7.55. The van der Waals surface area contributed by atoms with Crippen LogP contribution in [0.2, 0.25) is 0 Å². The van der Waals surface area contributed by atoms with Gasteiger partial charge in [-0.05, 0) is 34.8 Å². The van der Waals surface area contributed by atoms with Crippen molar-refractivity contribution in [3.63, 3.8) is 0 Å². The van der Waals surface area contributed by atoms with E-state index >= 15 is 0 Å². The van der Waals surface area contributed by atoms with Crippen LogP contribution in [0.15, 0.2) is 16.6 Å². The summed E-state index contributed by atoms with van der Waals surface area (Å²) >= 11 is 3.57. The van der Waals surface area contributed by atoms with E-state index in [9.17, 15) is 0 Å². The summed E-state index contributed by atoms with van der Waals surface area (Å²) in [5.74, 6) is 2.05. The van der Waals surface area contributed by atoms with Gasteiger partial charge in [-0.15, -0.1) is 10.2 Å². The molecule has 2 rings (SSSR count). The first-order chi connectivity index (χ1) is 10.1. The molecular weight excluding hydrogens is 334 g/mol. The molecule has 21 heavy (non-hydrogen) atoms. The summed E-state index contributed by atoms with van der Waals surface area (Å²) in [6, 6.07) is 3.55. The summed E-state index contributed by atoms with van der Waals surface area (Å²) in [7, 11) is 1.56. The third-order valence-corrected chi connectivity index (χ3v) is 3.63. The lowest BCUT2D eigenvalue weighted by atomic mass is 10.1. The third kappa shape index (κ3) is 3.47. The highest BCUT2D eigenvalue weighted by Crippen LogP contribution is 2.30. The Labute approximate surface area is 132 Å². The Morgan fingerprint density at radius 1 is 1.24 bits per heavy atom. The summed E-state index contributed by atoms with van der Waals surface area (Å²) < 4.78 is 5.91. The Kier molecular flexibility index (Phi) is 5.06. The molecule has 0 saturated carbocycles. The molecule has 0 aliphatic heterocycles. The molecular formula is C14H18BrN5O. The third-order valence-electron chi connectivity index (χ3n) is 2.85. The number of nitrogens with zero attached hydrogens (tertiary/aromatic N) is 4. The molecule has 0 amide bonds. The van der Waals surface area contributed by atoms with Crippen LogP contribution in [0.25, 0.3) is 11.5 Å². The van der Waals surface area contributed by atoms with E-state index in [2.05, 4.69) is 55.3 Å². The van der Waals surface area contributed by atoms with Gasteiger partial charge in [0.1, 0.15) is 11.5 Å². The summed E-state index contributed by atoms with van der Waals surface area (Å²) in [5, 5.41) is 11.3. The second kappa shape index (κ2) is 6.80. The molecule has 0 radical (unpaired) electrons. The maximum atomic E-state index is 5.01. The average Bonchev–Trinajstić information content (AvgIpc) is 2.49. The topological polar surface area (TPSA) is 72.8 Å². The summed E-state index contributed by atoms with van der Waals surface area (Å²) in [4.78, 5) is 9.12. The second-order valence-electron chi connectivity index (χ2n) is 4.74. The van der Waals surface area contributed by atoms with Crippen molar-refractivity contribution < 1.29 is 4.74 Å². The number of aromatic nitrogens is 4. The number of hydrogen-bond donors (Lipinski definition) is 1. The van der Waals surface area contributed by atoms with Gasteiger partial charge in [-0.1, -0.05) is 13.8 Å². The smallest absolute Gasteiger partial charge is 0.233 e. The van der Waals surface area contributed by atoms with Crippen molar-refractivity contribution >= 4 is 21.7 Å². The average molecular weight is 352 g/mol. The molecule has 0 bridgehead atoms. The predicted octanol–water partition coefficient (Wildman–Crippen LogP) is 3.26. The first-order valence-electron chi connectivity index (χ1n) is 6.76. The fourth-order valence-corrected chi connectivity index (χ4v) is 2.57. The lowest BCUT2D eigenvalue weighted by Crippen LogP contribution is -2.08. The molecule has 0 fully saturated rings. The Morgan fingerprint density at radius 3 is 2.52 bits per heavy atom. The minimum atomic E-state index is 0.268. The Hall–Kier alpha value is -1.76. The summed E-state index contributed by atoms with van der Waals surface area (Å²) in [6.07, 6.45) is 0. The van der Waals surface area contributed by atoms with Gasteiger partial charge in [-0.2, -0.15) is 0 Å². The Morgan fingerprint density at radius 2 is 2.00 bits per heavy atom. The standard InChI is InChI=1S/C14H18BrN5O/c1-5-16-14-11(15)12(8(2)3)17-13(18-14)9-6-7-10(21-4)20-19-9/h6-8H,5H2,1-4H3,(H,16,17,18). The van der Waals surface area contributed by atoms with Crippen LogP contribution < -0.4 is 10.1 Å². The van der Waals surface area contributed by atoms with Crippen LogP contribution in [0.1, 0.15) is 32.4 Å². The number of anilines is 1. The monoisotopic (exact) mass is 351 g/mol.